The molecule has 6 rings (SSSR count). The van der Waals surface area contributed by atoms with Crippen molar-refractivity contribution in [2.24, 2.45) is 0 Å². The van der Waals surface area contributed by atoms with Gasteiger partial charge >= 0.3 is 13.0 Å². The molecule has 0 spiro atoms. The summed E-state index contributed by atoms with van der Waals surface area (Å²) in [7, 11) is -4.36. The van der Waals surface area contributed by atoms with Crippen molar-refractivity contribution < 1.29 is 102 Å². The molecule has 53 heavy (non-hydrogen) atoms. The summed E-state index contributed by atoms with van der Waals surface area (Å²) in [5, 5.41) is -5.03. The van der Waals surface area contributed by atoms with Crippen LogP contribution in [0, 0.1) is 111 Å². The second kappa shape index (κ2) is 12.0. The Morgan fingerprint density at radius 3 is 1.13 bits per heavy atom. The lowest BCUT2D eigenvalue weighted by atomic mass is 9.72. The Kier molecular flexibility index (Phi) is 8.48. The van der Waals surface area contributed by atoms with Crippen LogP contribution in [0.3, 0.4) is 0 Å². The Labute approximate surface area is 275 Å². The first kappa shape index (κ1) is 37.3. The van der Waals surface area contributed by atoms with Crippen LogP contribution in [0.25, 0.3) is 21.9 Å². The molecular weight excluding hydrogens is 790 g/mol. The van der Waals surface area contributed by atoms with Crippen LogP contribution >= 0.6 is 0 Å². The zero-order valence-corrected chi connectivity index (χ0v) is 23.8. The van der Waals surface area contributed by atoms with Crippen LogP contribution < -0.4 is 14.8 Å². The number of fused-ring (bicyclic) bond motifs is 4. The fourth-order valence-corrected chi connectivity index (χ4v) is 5.37. The van der Waals surface area contributed by atoms with Gasteiger partial charge in [0, 0.05) is 16.7 Å². The third kappa shape index (κ3) is 4.81. The quantitative estimate of drug-likeness (QED) is 0.0765. The summed E-state index contributed by atoms with van der Waals surface area (Å²) in [6.07, 6.45) is 0. The number of rotatable bonds is 5. The fraction of sp³-hybridized carbons (Fsp3) is 0.0345. The van der Waals surface area contributed by atoms with Crippen LogP contribution in [0.5, 0.6) is 11.5 Å². The van der Waals surface area contributed by atoms with Gasteiger partial charge in [0.05, 0.1) is 21.8 Å². The molecule has 1 aliphatic rings. The monoisotopic (exact) mass is 790 g/mol. The predicted molar refractivity (Wildman–Crippen MR) is 131 cm³/mol. The van der Waals surface area contributed by atoms with Gasteiger partial charge in [-0.2, -0.15) is 22.0 Å². The van der Waals surface area contributed by atoms with Crippen LogP contribution in [0.2, 0.25) is 0 Å². The summed E-state index contributed by atoms with van der Waals surface area (Å²) in [6.45, 7) is 0. The zero-order valence-electron chi connectivity index (χ0n) is 23.8. The van der Waals surface area contributed by atoms with Crippen molar-refractivity contribution in [1.82, 2.24) is 0 Å². The van der Waals surface area contributed by atoms with E-state index in [9.17, 15) is 65.9 Å². The molecule has 0 fully saturated rings. The standard InChI is InChI=1S/C29BF21O2/c31-8-1-2-6(13(36)20(43)16(39)9(2)32)29(50,51)5(1)7(14(37)15(8)38)30(53-28-25(48)22(45)21(44)23(46)26(28)49)52-27-4-3(11(34)19(42)24(27)47)10(33)17(40)18(41)12(4)35. The predicted octanol–water partition coefficient (Wildman–Crippen LogP) is 9.46. The lowest BCUT2D eigenvalue weighted by Gasteiger charge is -2.24. The highest BCUT2D eigenvalue weighted by Gasteiger charge is 2.57. The van der Waals surface area contributed by atoms with Crippen molar-refractivity contribution >= 4 is 23.4 Å². The molecule has 2 nitrogen and oxygen atoms in total. The average molecular weight is 790 g/mol. The molecule has 5 aromatic carbocycles. The van der Waals surface area contributed by atoms with Crippen molar-refractivity contribution in [3.8, 4) is 22.6 Å². The van der Waals surface area contributed by atoms with E-state index < -0.39 is 174 Å². The minimum Gasteiger partial charge on any atom is -0.519 e. The molecule has 0 heterocycles. The maximum absolute atomic E-state index is 15.9. The minimum absolute atomic E-state index is 2.48. The van der Waals surface area contributed by atoms with Crippen molar-refractivity contribution in [3.63, 3.8) is 0 Å². The Morgan fingerprint density at radius 2 is 0.623 bits per heavy atom. The van der Waals surface area contributed by atoms with E-state index in [1.807, 2.05) is 0 Å². The highest BCUT2D eigenvalue weighted by molar-refractivity contribution is 6.64. The molecule has 0 N–H and O–H groups in total. The summed E-state index contributed by atoms with van der Waals surface area (Å²) >= 11 is 0. The normalized spacial score (nSPS) is 13.2. The van der Waals surface area contributed by atoms with Gasteiger partial charge in [-0.3, -0.25) is 0 Å². The van der Waals surface area contributed by atoms with Crippen LogP contribution in [-0.2, 0) is 5.92 Å². The lowest BCUT2D eigenvalue weighted by molar-refractivity contribution is 0.0433. The second-order valence-corrected chi connectivity index (χ2v) is 10.4. The van der Waals surface area contributed by atoms with E-state index in [0.717, 1.165) is 0 Å². The highest BCUT2D eigenvalue weighted by Crippen LogP contribution is 2.55. The molecule has 0 atom stereocenters. The molecule has 5 aromatic rings. The first-order valence-corrected chi connectivity index (χ1v) is 13.1. The first-order valence-electron chi connectivity index (χ1n) is 13.1. The Hall–Kier alpha value is -5.45. The molecule has 0 aromatic heterocycles. The van der Waals surface area contributed by atoms with Crippen molar-refractivity contribution in [1.29, 1.82) is 0 Å². The maximum atomic E-state index is 15.9. The first-order chi connectivity index (χ1) is 24.5. The van der Waals surface area contributed by atoms with Crippen molar-refractivity contribution in [2.75, 3.05) is 0 Å². The van der Waals surface area contributed by atoms with Crippen LogP contribution in [-0.4, -0.2) is 7.12 Å². The van der Waals surface area contributed by atoms with E-state index in [-0.39, 0.29) is 0 Å². The Bertz CT molecular complexity index is 2460. The second-order valence-electron chi connectivity index (χ2n) is 10.4. The largest absolute Gasteiger partial charge is 0.636 e. The molecule has 278 valence electrons. The Morgan fingerprint density at radius 1 is 0.302 bits per heavy atom. The van der Waals surface area contributed by atoms with Crippen LogP contribution in [0.1, 0.15) is 11.1 Å². The van der Waals surface area contributed by atoms with Gasteiger partial charge in [-0.25, -0.2) is 70.2 Å². The number of alkyl halides is 2. The number of hydrogen-bond acceptors (Lipinski definition) is 2. The van der Waals surface area contributed by atoms with Gasteiger partial charge < -0.3 is 9.31 Å². The topological polar surface area (TPSA) is 18.5 Å². The van der Waals surface area contributed by atoms with Gasteiger partial charge in [0.2, 0.25) is 34.9 Å². The SMILES string of the molecule is Fc1c(F)c(F)c(OB(Oc2c(F)c(F)c(F)c3c(F)c(F)c(F)c(F)c23)c2c(F)c(F)c(F)c3c2C(F)(F)c2c(F)c(F)c(F)c(F)c2-3)c(F)c1F. The molecule has 0 aliphatic heterocycles. The third-order valence-corrected chi connectivity index (χ3v) is 7.66. The van der Waals surface area contributed by atoms with E-state index in [4.69, 9.17) is 0 Å². The highest BCUT2D eigenvalue weighted by atomic mass is 19.3. The summed E-state index contributed by atoms with van der Waals surface area (Å²) in [5.41, 5.74) is -13.6. The molecule has 24 heteroatoms. The van der Waals surface area contributed by atoms with E-state index in [2.05, 4.69) is 9.31 Å². The van der Waals surface area contributed by atoms with Gasteiger partial charge in [-0.1, -0.05) is 0 Å². The molecule has 0 unspecified atom stereocenters. The zero-order chi connectivity index (χ0) is 39.7. The molecule has 0 saturated heterocycles. The molecule has 0 amide bonds. The van der Waals surface area contributed by atoms with E-state index in [1.54, 1.807) is 0 Å². The Balaban J connectivity index is 1.79. The molecule has 1 aliphatic carbocycles. The fourth-order valence-electron chi connectivity index (χ4n) is 5.37. The summed E-state index contributed by atoms with van der Waals surface area (Å²) in [6, 6.07) is 0. The van der Waals surface area contributed by atoms with Crippen molar-refractivity contribution in [2.45, 2.75) is 5.92 Å². The summed E-state index contributed by atoms with van der Waals surface area (Å²) < 4.78 is 317. The van der Waals surface area contributed by atoms with Crippen molar-refractivity contribution in [3.05, 3.63) is 122 Å². The molecule has 0 bridgehead atoms. The van der Waals surface area contributed by atoms with E-state index in [1.165, 1.54) is 0 Å². The van der Waals surface area contributed by atoms with Gasteiger partial charge in [0.15, 0.2) is 87.1 Å². The van der Waals surface area contributed by atoms with E-state index in [0.29, 0.717) is 0 Å². The van der Waals surface area contributed by atoms with Gasteiger partial charge in [-0.15, -0.1) is 0 Å². The lowest BCUT2D eigenvalue weighted by Crippen LogP contribution is -2.49. The minimum atomic E-state index is -5.81. The summed E-state index contributed by atoms with van der Waals surface area (Å²) in [4.78, 5) is 0. The van der Waals surface area contributed by atoms with Gasteiger partial charge in [0.1, 0.15) is 0 Å². The maximum Gasteiger partial charge on any atom is 0.636 e. The number of hydrogen-bond donors (Lipinski definition) is 0. The van der Waals surface area contributed by atoms with Gasteiger partial charge in [0.25, 0.3) is 0 Å². The molecule has 0 saturated carbocycles. The summed E-state index contributed by atoms with van der Waals surface area (Å²) in [5.74, 6) is -70.1. The van der Waals surface area contributed by atoms with Crippen LogP contribution in [0.4, 0.5) is 92.2 Å². The smallest absolute Gasteiger partial charge is 0.519 e. The average Bonchev–Trinajstić information content (AvgIpc) is 3.36. The number of halogens is 21. The molecule has 0 radical (unpaired) electrons. The third-order valence-electron chi connectivity index (χ3n) is 7.66. The molecular formula is C29BF21O2. The van der Waals surface area contributed by atoms with E-state index >= 15 is 26.3 Å². The van der Waals surface area contributed by atoms with Gasteiger partial charge in [-0.05, 0) is 0 Å². The number of benzene rings is 5. The van der Waals surface area contributed by atoms with Crippen LogP contribution in [0.15, 0.2) is 0 Å².